The number of nitrogens with one attached hydrogen (secondary N) is 2. The number of ether oxygens (including phenoxy) is 1. The van der Waals surface area contributed by atoms with Gasteiger partial charge in [-0.15, -0.1) is 11.3 Å². The molecule has 1 atom stereocenters. The number of hydrogen-bond acceptors (Lipinski definition) is 6. The number of rotatable bonds is 7. The van der Waals surface area contributed by atoms with Crippen LogP contribution in [0.25, 0.3) is 21.3 Å². The maximum Gasteiger partial charge on any atom is 0.260 e. The molecule has 0 aliphatic carbocycles. The van der Waals surface area contributed by atoms with Gasteiger partial charge in [0.2, 0.25) is 0 Å². The Morgan fingerprint density at radius 3 is 2.62 bits per heavy atom. The minimum atomic E-state index is -0.302. The molecular formula is C26H27FN4O2S. The van der Waals surface area contributed by atoms with Crippen LogP contribution in [0, 0.1) is 12.7 Å². The van der Waals surface area contributed by atoms with Crippen LogP contribution in [0.2, 0.25) is 0 Å². The molecule has 2 aromatic carbocycles. The zero-order chi connectivity index (χ0) is 23.5. The number of hydrogen-bond donors (Lipinski definition) is 2. The van der Waals surface area contributed by atoms with Gasteiger partial charge < -0.3 is 15.0 Å². The van der Waals surface area contributed by atoms with E-state index in [0.29, 0.717) is 22.6 Å². The molecule has 1 aliphatic heterocycles. The number of fused-ring (bicyclic) bond motifs is 1. The second-order valence-corrected chi connectivity index (χ2v) is 9.46. The summed E-state index contributed by atoms with van der Waals surface area (Å²) in [5, 5.41) is 6.06. The summed E-state index contributed by atoms with van der Waals surface area (Å²) in [6.45, 7) is 6.70. The summed E-state index contributed by atoms with van der Waals surface area (Å²) in [6.07, 6.45) is 0. The molecule has 34 heavy (non-hydrogen) atoms. The summed E-state index contributed by atoms with van der Waals surface area (Å²) in [5.41, 5.74) is 3.83. The van der Waals surface area contributed by atoms with E-state index in [2.05, 4.69) is 46.4 Å². The van der Waals surface area contributed by atoms with Crippen molar-refractivity contribution in [2.75, 3.05) is 32.8 Å². The van der Waals surface area contributed by atoms with Crippen molar-refractivity contribution in [2.45, 2.75) is 19.5 Å². The predicted molar refractivity (Wildman–Crippen MR) is 134 cm³/mol. The normalized spacial score (nSPS) is 15.6. The Labute approximate surface area is 201 Å². The first kappa shape index (κ1) is 22.9. The highest BCUT2D eigenvalue weighted by atomic mass is 32.1. The molecule has 0 spiro atoms. The molecule has 2 aromatic heterocycles. The second-order valence-electron chi connectivity index (χ2n) is 8.61. The molecule has 0 amide bonds. The van der Waals surface area contributed by atoms with Crippen molar-refractivity contribution in [3.8, 4) is 11.1 Å². The minimum absolute atomic E-state index is 0.0952. The van der Waals surface area contributed by atoms with Gasteiger partial charge in [-0.1, -0.05) is 42.0 Å². The number of aryl methyl sites for hydroxylation is 1. The van der Waals surface area contributed by atoms with Gasteiger partial charge in [-0.25, -0.2) is 9.37 Å². The van der Waals surface area contributed by atoms with Crippen LogP contribution in [0.15, 0.2) is 58.7 Å². The number of halogens is 1. The van der Waals surface area contributed by atoms with E-state index < -0.39 is 0 Å². The zero-order valence-corrected chi connectivity index (χ0v) is 19.8. The van der Waals surface area contributed by atoms with Gasteiger partial charge >= 0.3 is 0 Å². The standard InChI is InChI=1S/C26H27FN4O2S/c1-17-2-4-19(5-3-17)22(15-31-10-12-33-13-11-31)28-14-23-29-25(32)24-21(16-34-26(24)30-23)18-6-8-20(27)9-7-18/h2-9,16,22,28H,10-15H2,1H3,(H,29,30,32)/t22-/m0/s1. The quantitative estimate of drug-likeness (QED) is 0.415. The number of aromatic nitrogens is 2. The summed E-state index contributed by atoms with van der Waals surface area (Å²) < 4.78 is 18.8. The molecule has 5 rings (SSSR count). The Morgan fingerprint density at radius 2 is 1.88 bits per heavy atom. The fraction of sp³-hybridized carbons (Fsp3) is 0.308. The molecular weight excluding hydrogens is 451 g/mol. The molecule has 0 unspecified atom stereocenters. The van der Waals surface area contributed by atoms with Gasteiger partial charge in [0.25, 0.3) is 5.56 Å². The van der Waals surface area contributed by atoms with E-state index in [4.69, 9.17) is 9.72 Å². The van der Waals surface area contributed by atoms with Crippen molar-refractivity contribution in [3.05, 3.63) is 87.0 Å². The highest BCUT2D eigenvalue weighted by Gasteiger charge is 2.19. The molecule has 0 saturated carbocycles. The van der Waals surface area contributed by atoms with Crippen molar-refractivity contribution < 1.29 is 9.13 Å². The molecule has 3 heterocycles. The SMILES string of the molecule is Cc1ccc([C@H](CN2CCOCC2)NCc2nc3scc(-c4ccc(F)cc4)c3c(=O)[nH]2)cc1. The lowest BCUT2D eigenvalue weighted by Crippen LogP contribution is -2.42. The lowest BCUT2D eigenvalue weighted by molar-refractivity contribution is 0.0333. The van der Waals surface area contributed by atoms with Crippen LogP contribution < -0.4 is 10.9 Å². The lowest BCUT2D eigenvalue weighted by Gasteiger charge is -2.31. The van der Waals surface area contributed by atoms with Crippen molar-refractivity contribution in [1.82, 2.24) is 20.2 Å². The summed E-state index contributed by atoms with van der Waals surface area (Å²) in [7, 11) is 0. The third-order valence-electron chi connectivity index (χ3n) is 6.19. The zero-order valence-electron chi connectivity index (χ0n) is 19.0. The third kappa shape index (κ3) is 5.10. The average molecular weight is 479 g/mol. The average Bonchev–Trinajstić information content (AvgIpc) is 3.28. The maximum absolute atomic E-state index is 13.3. The molecule has 1 fully saturated rings. The van der Waals surface area contributed by atoms with Crippen molar-refractivity contribution in [3.63, 3.8) is 0 Å². The molecule has 0 radical (unpaired) electrons. The highest BCUT2D eigenvalue weighted by Crippen LogP contribution is 2.30. The van der Waals surface area contributed by atoms with Crippen LogP contribution in [-0.4, -0.2) is 47.7 Å². The number of aromatic amines is 1. The molecule has 1 aliphatic rings. The summed E-state index contributed by atoms with van der Waals surface area (Å²) >= 11 is 1.43. The highest BCUT2D eigenvalue weighted by molar-refractivity contribution is 7.17. The van der Waals surface area contributed by atoms with E-state index in [1.807, 2.05) is 5.38 Å². The van der Waals surface area contributed by atoms with Crippen LogP contribution in [0.1, 0.15) is 23.0 Å². The summed E-state index contributed by atoms with van der Waals surface area (Å²) in [4.78, 5) is 23.7. The van der Waals surface area contributed by atoms with E-state index in [1.54, 1.807) is 12.1 Å². The van der Waals surface area contributed by atoms with Crippen LogP contribution in [-0.2, 0) is 11.3 Å². The molecule has 0 bridgehead atoms. The Kier molecular flexibility index (Phi) is 6.82. The van der Waals surface area contributed by atoms with E-state index in [9.17, 15) is 9.18 Å². The second kappa shape index (κ2) is 10.1. The van der Waals surface area contributed by atoms with Gasteiger partial charge in [-0.05, 0) is 30.2 Å². The Bertz CT molecular complexity index is 1310. The summed E-state index contributed by atoms with van der Waals surface area (Å²) in [5.74, 6) is 0.299. The first-order chi connectivity index (χ1) is 16.6. The molecule has 4 aromatic rings. The van der Waals surface area contributed by atoms with Gasteiger partial charge in [0.05, 0.1) is 25.1 Å². The first-order valence-corrected chi connectivity index (χ1v) is 12.3. The minimum Gasteiger partial charge on any atom is -0.379 e. The first-order valence-electron chi connectivity index (χ1n) is 11.4. The van der Waals surface area contributed by atoms with Crippen molar-refractivity contribution >= 4 is 21.6 Å². The Balaban J connectivity index is 1.37. The third-order valence-corrected chi connectivity index (χ3v) is 7.06. The topological polar surface area (TPSA) is 70.2 Å². The largest absolute Gasteiger partial charge is 0.379 e. The number of benzene rings is 2. The molecule has 176 valence electrons. The van der Waals surface area contributed by atoms with Crippen LogP contribution in [0.5, 0.6) is 0 Å². The predicted octanol–water partition coefficient (Wildman–Crippen LogP) is 4.26. The number of thiophene rings is 1. The molecule has 8 heteroatoms. The number of morpholine rings is 1. The Hall–Kier alpha value is -2.91. The molecule has 1 saturated heterocycles. The monoisotopic (exact) mass is 478 g/mol. The van der Waals surface area contributed by atoms with E-state index in [1.165, 1.54) is 34.6 Å². The van der Waals surface area contributed by atoms with Gasteiger partial charge in [-0.3, -0.25) is 9.69 Å². The number of nitrogens with zero attached hydrogens (tertiary/aromatic N) is 2. The smallest absolute Gasteiger partial charge is 0.260 e. The van der Waals surface area contributed by atoms with Gasteiger partial charge in [-0.2, -0.15) is 0 Å². The van der Waals surface area contributed by atoms with Crippen LogP contribution >= 0.6 is 11.3 Å². The number of H-pyrrole nitrogens is 1. The summed E-state index contributed by atoms with van der Waals surface area (Å²) in [6, 6.07) is 14.8. The van der Waals surface area contributed by atoms with E-state index >= 15 is 0 Å². The fourth-order valence-corrected chi connectivity index (χ4v) is 5.23. The lowest BCUT2D eigenvalue weighted by atomic mass is 10.0. The fourth-order valence-electron chi connectivity index (χ4n) is 4.27. The Morgan fingerprint density at radius 1 is 1.15 bits per heavy atom. The van der Waals surface area contributed by atoms with Gasteiger partial charge in [0, 0.05) is 36.6 Å². The molecule has 6 nitrogen and oxygen atoms in total. The van der Waals surface area contributed by atoms with E-state index in [0.717, 1.165) is 44.0 Å². The van der Waals surface area contributed by atoms with Crippen LogP contribution in [0.3, 0.4) is 0 Å². The van der Waals surface area contributed by atoms with Crippen LogP contribution in [0.4, 0.5) is 4.39 Å². The van der Waals surface area contributed by atoms with Crippen molar-refractivity contribution in [1.29, 1.82) is 0 Å². The maximum atomic E-state index is 13.3. The van der Waals surface area contributed by atoms with E-state index in [-0.39, 0.29) is 17.4 Å². The van der Waals surface area contributed by atoms with Crippen molar-refractivity contribution in [2.24, 2.45) is 0 Å². The molecule has 2 N–H and O–H groups in total. The van der Waals surface area contributed by atoms with Gasteiger partial charge in [0.1, 0.15) is 16.5 Å². The van der Waals surface area contributed by atoms with Gasteiger partial charge in [0.15, 0.2) is 0 Å².